The molecular weight excluding hydrogens is 112 g/mol. The Morgan fingerprint density at radius 1 is 1.00 bits per heavy atom. The van der Waals surface area contributed by atoms with Crippen LogP contribution in [0.4, 0.5) is 0 Å². The zero-order valence-electron chi connectivity index (χ0n) is 6.24. The summed E-state index contributed by atoms with van der Waals surface area (Å²) >= 11 is 0. The predicted octanol–water partition coefficient (Wildman–Crippen LogP) is 1.83. The number of hydrogen-bond donors (Lipinski definition) is 0. The van der Waals surface area contributed by atoms with Crippen molar-refractivity contribution in [2.45, 2.75) is 26.7 Å². The quantitative estimate of drug-likeness (QED) is 0.450. The van der Waals surface area contributed by atoms with E-state index in [0.717, 1.165) is 13.2 Å². The molecule has 0 atom stereocenters. The zero-order chi connectivity index (χ0) is 6.95. The zero-order valence-corrected chi connectivity index (χ0v) is 6.24. The van der Waals surface area contributed by atoms with E-state index in [1.54, 1.807) is 0 Å². The van der Waals surface area contributed by atoms with Gasteiger partial charge in [-0.05, 0) is 26.7 Å². The van der Waals surface area contributed by atoms with Crippen LogP contribution in [0.25, 0.3) is 0 Å². The van der Waals surface area contributed by atoms with E-state index in [-0.39, 0.29) is 0 Å². The van der Waals surface area contributed by atoms with Crippen molar-refractivity contribution >= 4 is 0 Å². The molecule has 0 N–H and O–H groups in total. The van der Waals surface area contributed by atoms with Crippen LogP contribution in [-0.4, -0.2) is 13.2 Å². The van der Waals surface area contributed by atoms with Crippen molar-refractivity contribution in [3.8, 4) is 11.8 Å². The van der Waals surface area contributed by atoms with Gasteiger partial charge in [0.05, 0.1) is 0 Å². The molecule has 1 fully saturated rings. The lowest BCUT2D eigenvalue weighted by molar-refractivity contribution is 0.198. The second-order valence-corrected chi connectivity index (χ2v) is 1.82. The first-order chi connectivity index (χ1) is 4.41. The highest BCUT2D eigenvalue weighted by atomic mass is 16.5. The minimum absolute atomic E-state index is 1.00. The third-order valence-corrected chi connectivity index (χ3v) is 1.08. The first-order valence-corrected chi connectivity index (χ1v) is 3.33. The molecule has 0 amide bonds. The topological polar surface area (TPSA) is 9.23 Å². The molecular formula is C8H14O. The average Bonchev–Trinajstić information content (AvgIpc) is 2.43. The maximum atomic E-state index is 4.94. The Balaban J connectivity index is 0.000000148. The Kier molecular flexibility index (Phi) is 7.12. The van der Waals surface area contributed by atoms with Crippen molar-refractivity contribution in [2.24, 2.45) is 0 Å². The summed E-state index contributed by atoms with van der Waals surface area (Å²) < 4.78 is 4.94. The summed E-state index contributed by atoms with van der Waals surface area (Å²) in [4.78, 5) is 0. The predicted molar refractivity (Wildman–Crippen MR) is 39.2 cm³/mol. The molecule has 0 aromatic carbocycles. The molecule has 0 spiro atoms. The SMILES string of the molecule is C1CCOC1.CC#CC. The summed E-state index contributed by atoms with van der Waals surface area (Å²) in [5.74, 6) is 5.36. The van der Waals surface area contributed by atoms with Gasteiger partial charge in [-0.2, -0.15) is 0 Å². The van der Waals surface area contributed by atoms with Crippen molar-refractivity contribution < 1.29 is 4.74 Å². The van der Waals surface area contributed by atoms with Crippen molar-refractivity contribution in [1.29, 1.82) is 0 Å². The first-order valence-electron chi connectivity index (χ1n) is 3.33. The van der Waals surface area contributed by atoms with E-state index >= 15 is 0 Å². The van der Waals surface area contributed by atoms with Gasteiger partial charge in [0.15, 0.2) is 0 Å². The van der Waals surface area contributed by atoms with Crippen molar-refractivity contribution in [2.75, 3.05) is 13.2 Å². The van der Waals surface area contributed by atoms with Crippen LogP contribution in [-0.2, 0) is 4.74 Å². The summed E-state index contributed by atoms with van der Waals surface area (Å²) in [6.45, 7) is 5.64. The number of hydrogen-bond acceptors (Lipinski definition) is 1. The molecule has 1 heterocycles. The smallest absolute Gasteiger partial charge is 0.0466 e. The molecule has 1 nitrogen and oxygen atoms in total. The van der Waals surface area contributed by atoms with Crippen LogP contribution in [0.1, 0.15) is 26.7 Å². The van der Waals surface area contributed by atoms with E-state index in [9.17, 15) is 0 Å². The molecule has 0 aromatic rings. The van der Waals surface area contributed by atoms with E-state index < -0.39 is 0 Å². The molecule has 52 valence electrons. The van der Waals surface area contributed by atoms with Crippen molar-refractivity contribution in [3.63, 3.8) is 0 Å². The monoisotopic (exact) mass is 126 g/mol. The van der Waals surface area contributed by atoms with Crippen LogP contribution in [0.3, 0.4) is 0 Å². The normalized spacial score (nSPS) is 14.9. The maximum absolute atomic E-state index is 4.94. The Bertz CT molecular complexity index is 79.3. The average molecular weight is 126 g/mol. The third-order valence-electron chi connectivity index (χ3n) is 1.08. The van der Waals surface area contributed by atoms with Gasteiger partial charge in [-0.1, -0.05) is 0 Å². The fourth-order valence-electron chi connectivity index (χ4n) is 0.510. The lowest BCUT2D eigenvalue weighted by Crippen LogP contribution is -1.74. The summed E-state index contributed by atoms with van der Waals surface area (Å²) in [5.41, 5.74) is 0. The summed E-state index contributed by atoms with van der Waals surface area (Å²) in [6, 6.07) is 0. The molecule has 1 aliphatic rings. The van der Waals surface area contributed by atoms with E-state index in [4.69, 9.17) is 4.74 Å². The van der Waals surface area contributed by atoms with Crippen molar-refractivity contribution in [1.82, 2.24) is 0 Å². The van der Waals surface area contributed by atoms with Crippen molar-refractivity contribution in [3.05, 3.63) is 0 Å². The highest BCUT2D eigenvalue weighted by Crippen LogP contribution is 1.98. The fourth-order valence-corrected chi connectivity index (χ4v) is 0.510. The van der Waals surface area contributed by atoms with Gasteiger partial charge in [0.1, 0.15) is 0 Å². The first kappa shape index (κ1) is 8.52. The van der Waals surface area contributed by atoms with E-state index in [1.165, 1.54) is 12.8 Å². The molecule has 1 rings (SSSR count). The van der Waals surface area contributed by atoms with Gasteiger partial charge in [-0.15, -0.1) is 11.8 Å². The molecule has 0 aliphatic carbocycles. The molecule has 0 radical (unpaired) electrons. The Labute approximate surface area is 57.4 Å². The van der Waals surface area contributed by atoms with E-state index in [1.807, 2.05) is 13.8 Å². The van der Waals surface area contributed by atoms with Crippen LogP contribution in [0, 0.1) is 11.8 Å². The Hall–Kier alpha value is -0.480. The summed E-state index contributed by atoms with van der Waals surface area (Å²) in [5, 5.41) is 0. The van der Waals surface area contributed by atoms with Gasteiger partial charge in [-0.25, -0.2) is 0 Å². The Morgan fingerprint density at radius 2 is 1.44 bits per heavy atom. The molecule has 0 unspecified atom stereocenters. The lowest BCUT2D eigenvalue weighted by atomic mass is 10.4. The standard InChI is InChI=1S/C4H8O.C4H6/c1-2-4-5-3-1;1-3-4-2/h1-4H2;1-2H3. The van der Waals surface area contributed by atoms with Gasteiger partial charge in [0, 0.05) is 13.2 Å². The van der Waals surface area contributed by atoms with Crippen LogP contribution in [0.5, 0.6) is 0 Å². The second kappa shape index (κ2) is 7.52. The van der Waals surface area contributed by atoms with E-state index in [2.05, 4.69) is 11.8 Å². The number of ether oxygens (including phenoxy) is 1. The maximum Gasteiger partial charge on any atom is 0.0466 e. The molecule has 0 aromatic heterocycles. The fraction of sp³-hybridized carbons (Fsp3) is 0.750. The number of rotatable bonds is 0. The third kappa shape index (κ3) is 7.52. The summed E-state index contributed by atoms with van der Waals surface area (Å²) in [7, 11) is 0. The lowest BCUT2D eigenvalue weighted by Gasteiger charge is -1.76. The highest BCUT2D eigenvalue weighted by molar-refractivity contribution is 4.89. The van der Waals surface area contributed by atoms with E-state index in [0.29, 0.717) is 0 Å². The van der Waals surface area contributed by atoms with Gasteiger partial charge >= 0.3 is 0 Å². The van der Waals surface area contributed by atoms with Gasteiger partial charge in [0.25, 0.3) is 0 Å². The van der Waals surface area contributed by atoms with Gasteiger partial charge in [0.2, 0.25) is 0 Å². The van der Waals surface area contributed by atoms with Crippen LogP contribution >= 0.6 is 0 Å². The van der Waals surface area contributed by atoms with Crippen LogP contribution < -0.4 is 0 Å². The molecule has 1 saturated heterocycles. The minimum Gasteiger partial charge on any atom is -0.381 e. The largest absolute Gasteiger partial charge is 0.381 e. The van der Waals surface area contributed by atoms with Gasteiger partial charge < -0.3 is 4.74 Å². The van der Waals surface area contributed by atoms with Gasteiger partial charge in [-0.3, -0.25) is 0 Å². The molecule has 9 heavy (non-hydrogen) atoms. The van der Waals surface area contributed by atoms with Crippen LogP contribution in [0.15, 0.2) is 0 Å². The highest BCUT2D eigenvalue weighted by Gasteiger charge is 1.94. The molecule has 1 aliphatic heterocycles. The minimum atomic E-state index is 1.00. The summed E-state index contributed by atoms with van der Waals surface area (Å²) in [6.07, 6.45) is 2.56. The Morgan fingerprint density at radius 3 is 1.56 bits per heavy atom. The van der Waals surface area contributed by atoms with Crippen LogP contribution in [0.2, 0.25) is 0 Å². The second-order valence-electron chi connectivity index (χ2n) is 1.82. The molecule has 1 heteroatoms. The molecule has 0 bridgehead atoms. The molecule has 0 saturated carbocycles.